The highest BCUT2D eigenvalue weighted by atomic mass is 16.5. The topological polar surface area (TPSA) is 106 Å². The summed E-state index contributed by atoms with van der Waals surface area (Å²) in [6, 6.07) is 18.0. The monoisotopic (exact) mass is 387 g/mol. The molecule has 8 nitrogen and oxygen atoms in total. The average molecular weight is 387 g/mol. The van der Waals surface area contributed by atoms with Gasteiger partial charge in [0.2, 0.25) is 0 Å². The molecule has 0 unspecified atom stereocenters. The normalized spacial score (nSPS) is 11.9. The van der Waals surface area contributed by atoms with Gasteiger partial charge in [0, 0.05) is 0 Å². The summed E-state index contributed by atoms with van der Waals surface area (Å²) >= 11 is 0. The van der Waals surface area contributed by atoms with Gasteiger partial charge in [-0.05, 0) is 36.4 Å². The van der Waals surface area contributed by atoms with Crippen LogP contribution in [0.15, 0.2) is 71.9 Å². The summed E-state index contributed by atoms with van der Waals surface area (Å²) in [5.74, 6) is 0.535. The standard InChI is InChI=1S/C21H17N5O3/c22-10-15-6-8-18(9-7-15)29-13-17(27)12-25-14-23-20-19(21(25)28)11-24-26(20)16-4-2-1-3-5-16/h1-9,11,14,17,27H,12-13H2/t17-/m1/s1. The van der Waals surface area contributed by atoms with Crippen molar-refractivity contribution in [2.75, 3.05) is 6.61 Å². The molecular formula is C21H17N5O3. The van der Waals surface area contributed by atoms with Crippen molar-refractivity contribution in [3.05, 3.63) is 83.0 Å². The Bertz CT molecular complexity index is 1220. The third kappa shape index (κ3) is 3.85. The summed E-state index contributed by atoms with van der Waals surface area (Å²) in [5, 5.41) is 23.7. The summed E-state index contributed by atoms with van der Waals surface area (Å²) in [5.41, 5.74) is 1.51. The van der Waals surface area contributed by atoms with Gasteiger partial charge in [-0.25, -0.2) is 9.67 Å². The van der Waals surface area contributed by atoms with Crippen molar-refractivity contribution in [2.24, 2.45) is 0 Å². The van der Waals surface area contributed by atoms with Crippen molar-refractivity contribution in [1.29, 1.82) is 5.26 Å². The lowest BCUT2D eigenvalue weighted by Crippen LogP contribution is -2.30. The highest BCUT2D eigenvalue weighted by molar-refractivity contribution is 5.74. The van der Waals surface area contributed by atoms with Gasteiger partial charge in [-0.2, -0.15) is 10.4 Å². The fourth-order valence-electron chi connectivity index (χ4n) is 2.93. The molecule has 0 fully saturated rings. The molecule has 8 heteroatoms. The molecule has 0 saturated carbocycles. The quantitative estimate of drug-likeness (QED) is 0.542. The minimum atomic E-state index is -0.910. The maximum Gasteiger partial charge on any atom is 0.264 e. The summed E-state index contributed by atoms with van der Waals surface area (Å²) in [6.07, 6.45) is 1.97. The second kappa shape index (κ2) is 7.96. The lowest BCUT2D eigenvalue weighted by molar-refractivity contribution is 0.0915. The maximum atomic E-state index is 12.7. The van der Waals surface area contributed by atoms with Crippen LogP contribution in [0, 0.1) is 11.3 Å². The number of hydrogen-bond donors (Lipinski definition) is 1. The zero-order chi connectivity index (χ0) is 20.2. The van der Waals surface area contributed by atoms with E-state index < -0.39 is 6.10 Å². The van der Waals surface area contributed by atoms with Gasteiger partial charge in [0.1, 0.15) is 30.2 Å². The number of fused-ring (bicyclic) bond motifs is 1. The maximum absolute atomic E-state index is 12.7. The first-order valence-corrected chi connectivity index (χ1v) is 8.95. The number of hydrogen-bond acceptors (Lipinski definition) is 6. The molecule has 2 aromatic carbocycles. The number of nitrogens with zero attached hydrogens (tertiary/aromatic N) is 5. The van der Waals surface area contributed by atoms with Gasteiger partial charge in [-0.3, -0.25) is 9.36 Å². The van der Waals surface area contributed by atoms with Crippen molar-refractivity contribution in [2.45, 2.75) is 12.6 Å². The molecule has 4 aromatic rings. The Morgan fingerprint density at radius 2 is 1.90 bits per heavy atom. The molecule has 1 atom stereocenters. The zero-order valence-electron chi connectivity index (χ0n) is 15.3. The SMILES string of the molecule is N#Cc1ccc(OC[C@H](O)Cn2cnc3c(cnn3-c3ccccc3)c2=O)cc1. The molecule has 0 radical (unpaired) electrons. The minimum absolute atomic E-state index is 0.000343. The lowest BCUT2D eigenvalue weighted by Gasteiger charge is -2.14. The molecule has 2 heterocycles. The van der Waals surface area contributed by atoms with Crippen molar-refractivity contribution in [3.63, 3.8) is 0 Å². The molecule has 1 N–H and O–H groups in total. The predicted molar refractivity (Wildman–Crippen MR) is 106 cm³/mol. The second-order valence-electron chi connectivity index (χ2n) is 6.43. The first kappa shape index (κ1) is 18.4. The summed E-state index contributed by atoms with van der Waals surface area (Å²) < 4.78 is 8.46. The van der Waals surface area contributed by atoms with Gasteiger partial charge in [0.25, 0.3) is 5.56 Å². The van der Waals surface area contributed by atoms with E-state index in [1.165, 1.54) is 17.1 Å². The summed E-state index contributed by atoms with van der Waals surface area (Å²) in [7, 11) is 0. The van der Waals surface area contributed by atoms with Crippen LogP contribution in [0.3, 0.4) is 0 Å². The number of aliphatic hydroxyl groups is 1. The van der Waals surface area contributed by atoms with Gasteiger partial charge < -0.3 is 9.84 Å². The van der Waals surface area contributed by atoms with Gasteiger partial charge in [-0.1, -0.05) is 18.2 Å². The van der Waals surface area contributed by atoms with E-state index in [-0.39, 0.29) is 18.7 Å². The van der Waals surface area contributed by atoms with E-state index in [2.05, 4.69) is 10.1 Å². The molecule has 0 aliphatic carbocycles. The number of benzene rings is 2. The van der Waals surface area contributed by atoms with Crippen LogP contribution >= 0.6 is 0 Å². The third-order valence-electron chi connectivity index (χ3n) is 4.39. The van der Waals surface area contributed by atoms with Crippen molar-refractivity contribution >= 4 is 11.0 Å². The molecule has 4 rings (SSSR count). The smallest absolute Gasteiger partial charge is 0.264 e. The van der Waals surface area contributed by atoms with E-state index in [4.69, 9.17) is 10.00 Å². The van der Waals surface area contributed by atoms with Gasteiger partial charge >= 0.3 is 0 Å². The van der Waals surface area contributed by atoms with E-state index in [1.54, 1.807) is 28.9 Å². The molecular weight excluding hydrogens is 370 g/mol. The Morgan fingerprint density at radius 1 is 1.14 bits per heavy atom. The Hall–Kier alpha value is -3.96. The molecule has 0 aliphatic rings. The van der Waals surface area contributed by atoms with Crippen LogP contribution in [-0.4, -0.2) is 37.1 Å². The van der Waals surface area contributed by atoms with Gasteiger partial charge in [-0.15, -0.1) is 0 Å². The zero-order valence-corrected chi connectivity index (χ0v) is 15.3. The molecule has 0 saturated heterocycles. The molecule has 2 aromatic heterocycles. The Kier molecular flexibility index (Phi) is 5.05. The van der Waals surface area contributed by atoms with E-state index in [1.807, 2.05) is 36.4 Å². The molecule has 0 aliphatic heterocycles. The highest BCUT2D eigenvalue weighted by Gasteiger charge is 2.14. The minimum Gasteiger partial charge on any atom is -0.491 e. The number of ether oxygens (including phenoxy) is 1. The number of nitriles is 1. The van der Waals surface area contributed by atoms with E-state index >= 15 is 0 Å². The fourth-order valence-corrected chi connectivity index (χ4v) is 2.93. The van der Waals surface area contributed by atoms with Crippen LogP contribution in [0.1, 0.15) is 5.56 Å². The Balaban J connectivity index is 1.48. The number of aromatic nitrogens is 4. The van der Waals surface area contributed by atoms with Crippen LogP contribution in [-0.2, 0) is 6.54 Å². The predicted octanol–water partition coefficient (Wildman–Crippen LogP) is 1.89. The van der Waals surface area contributed by atoms with Crippen LogP contribution in [0.5, 0.6) is 5.75 Å². The first-order chi connectivity index (χ1) is 14.2. The van der Waals surface area contributed by atoms with E-state index in [0.717, 1.165) is 5.69 Å². The molecule has 0 bridgehead atoms. The average Bonchev–Trinajstić information content (AvgIpc) is 3.20. The van der Waals surface area contributed by atoms with Crippen molar-refractivity contribution in [3.8, 4) is 17.5 Å². The Labute approximate surface area is 165 Å². The largest absolute Gasteiger partial charge is 0.491 e. The van der Waals surface area contributed by atoms with Crippen LogP contribution in [0.25, 0.3) is 16.7 Å². The highest BCUT2D eigenvalue weighted by Crippen LogP contribution is 2.14. The van der Waals surface area contributed by atoms with Crippen LogP contribution < -0.4 is 10.3 Å². The summed E-state index contributed by atoms with van der Waals surface area (Å²) in [6.45, 7) is 0.0359. The number of para-hydroxylation sites is 1. The van der Waals surface area contributed by atoms with Gasteiger partial charge in [0.05, 0.1) is 30.1 Å². The second-order valence-corrected chi connectivity index (χ2v) is 6.43. The van der Waals surface area contributed by atoms with Crippen molar-refractivity contribution in [1.82, 2.24) is 19.3 Å². The number of aliphatic hydroxyl groups excluding tert-OH is 1. The molecule has 0 amide bonds. The lowest BCUT2D eigenvalue weighted by atomic mass is 10.2. The van der Waals surface area contributed by atoms with E-state index in [9.17, 15) is 9.90 Å². The van der Waals surface area contributed by atoms with Crippen molar-refractivity contribution < 1.29 is 9.84 Å². The van der Waals surface area contributed by atoms with Gasteiger partial charge in [0.15, 0.2) is 5.65 Å². The summed E-state index contributed by atoms with van der Waals surface area (Å²) in [4.78, 5) is 17.1. The molecule has 29 heavy (non-hydrogen) atoms. The van der Waals surface area contributed by atoms with E-state index in [0.29, 0.717) is 22.3 Å². The van der Waals surface area contributed by atoms with Crippen LogP contribution in [0.2, 0.25) is 0 Å². The third-order valence-corrected chi connectivity index (χ3v) is 4.39. The molecule has 144 valence electrons. The van der Waals surface area contributed by atoms with Crippen LogP contribution in [0.4, 0.5) is 0 Å². The fraction of sp³-hybridized carbons (Fsp3) is 0.143. The number of rotatable bonds is 6. The molecule has 0 spiro atoms. The Morgan fingerprint density at radius 3 is 2.62 bits per heavy atom. The first-order valence-electron chi connectivity index (χ1n) is 8.95.